The molecule has 2 aromatic rings. The predicted octanol–water partition coefficient (Wildman–Crippen LogP) is 3.14. The van der Waals surface area contributed by atoms with Crippen LogP contribution in [0.15, 0.2) is 47.4 Å². The van der Waals surface area contributed by atoms with Crippen LogP contribution in [0.3, 0.4) is 0 Å². The summed E-state index contributed by atoms with van der Waals surface area (Å²) in [5, 5.41) is 13.4. The number of nitrogens with one attached hydrogen (secondary N) is 2. The molecule has 0 aliphatic rings. The molecule has 0 spiro atoms. The van der Waals surface area contributed by atoms with Crippen LogP contribution in [-0.2, 0) is 24.3 Å². The van der Waals surface area contributed by atoms with E-state index in [9.17, 15) is 28.1 Å². The van der Waals surface area contributed by atoms with Crippen molar-refractivity contribution in [3.8, 4) is 0 Å². The molecule has 0 saturated carbocycles. The lowest BCUT2D eigenvalue weighted by Gasteiger charge is -2.14. The largest absolute Gasteiger partial charge is 0.452 e. The Balaban J connectivity index is 1.84. The maximum atomic E-state index is 12.2. The maximum Gasteiger partial charge on any atom is 0.307 e. The number of esters is 1. The summed E-state index contributed by atoms with van der Waals surface area (Å²) in [5.41, 5.74) is -0.139. The highest BCUT2D eigenvalue weighted by atomic mass is 35.5. The molecule has 0 heterocycles. The highest BCUT2D eigenvalue weighted by molar-refractivity contribution is 7.89. The average Bonchev–Trinajstić information content (AvgIpc) is 2.69. The maximum absolute atomic E-state index is 12.2. The van der Waals surface area contributed by atoms with Gasteiger partial charge in [-0.3, -0.25) is 19.7 Å². The molecular formula is C18H17Cl2N3O7S. The zero-order valence-electron chi connectivity index (χ0n) is 16.0. The summed E-state index contributed by atoms with van der Waals surface area (Å²) in [4.78, 5) is 34.1. The van der Waals surface area contributed by atoms with E-state index in [0.29, 0.717) is 5.02 Å². The third-order valence-electron chi connectivity index (χ3n) is 3.84. The zero-order chi connectivity index (χ0) is 23.2. The van der Waals surface area contributed by atoms with E-state index in [4.69, 9.17) is 27.9 Å². The van der Waals surface area contributed by atoms with Gasteiger partial charge in [-0.2, -0.15) is 0 Å². The molecule has 0 unspecified atom stereocenters. The molecule has 1 atom stereocenters. The van der Waals surface area contributed by atoms with E-state index in [-0.39, 0.29) is 34.3 Å². The lowest BCUT2D eigenvalue weighted by atomic mass is 10.2. The molecule has 13 heteroatoms. The van der Waals surface area contributed by atoms with Crippen molar-refractivity contribution in [2.75, 3.05) is 11.9 Å². The lowest BCUT2D eigenvalue weighted by molar-refractivity contribution is -0.384. The van der Waals surface area contributed by atoms with Crippen molar-refractivity contribution in [2.24, 2.45) is 0 Å². The molecule has 1 amide bonds. The number of nitro benzene ring substituents is 1. The van der Waals surface area contributed by atoms with E-state index in [2.05, 4.69) is 10.0 Å². The molecule has 0 aliphatic carbocycles. The smallest absolute Gasteiger partial charge is 0.307 e. The van der Waals surface area contributed by atoms with Crippen LogP contribution in [0.25, 0.3) is 0 Å². The second-order valence-corrected chi connectivity index (χ2v) is 8.75. The van der Waals surface area contributed by atoms with E-state index in [1.54, 1.807) is 0 Å². The number of nitro groups is 1. The Labute approximate surface area is 187 Å². The van der Waals surface area contributed by atoms with Gasteiger partial charge in [0.25, 0.3) is 11.6 Å². The quantitative estimate of drug-likeness (QED) is 0.312. The highest BCUT2D eigenvalue weighted by Gasteiger charge is 2.20. The average molecular weight is 490 g/mol. The van der Waals surface area contributed by atoms with Crippen molar-refractivity contribution in [1.82, 2.24) is 4.72 Å². The number of benzene rings is 2. The summed E-state index contributed by atoms with van der Waals surface area (Å²) in [6.45, 7) is 1.07. The third-order valence-corrected chi connectivity index (χ3v) is 5.89. The molecule has 0 aliphatic heterocycles. The van der Waals surface area contributed by atoms with E-state index >= 15 is 0 Å². The second kappa shape index (κ2) is 10.5. The van der Waals surface area contributed by atoms with Gasteiger partial charge >= 0.3 is 5.97 Å². The first kappa shape index (κ1) is 24.5. The minimum Gasteiger partial charge on any atom is -0.452 e. The number of anilines is 1. The molecule has 0 fully saturated rings. The molecule has 0 radical (unpaired) electrons. The van der Waals surface area contributed by atoms with Gasteiger partial charge in [-0.25, -0.2) is 13.1 Å². The Morgan fingerprint density at radius 1 is 1.16 bits per heavy atom. The fourth-order valence-electron chi connectivity index (χ4n) is 2.25. The Hall–Kier alpha value is -2.73. The first-order chi connectivity index (χ1) is 14.5. The van der Waals surface area contributed by atoms with Crippen LogP contribution in [0, 0.1) is 10.1 Å². The number of sulfonamides is 1. The summed E-state index contributed by atoms with van der Waals surface area (Å²) >= 11 is 11.6. The SMILES string of the molecule is C[C@H](OC(=O)CCNS(=O)(=O)c1ccc(Cl)cc1)C(=O)Nc1ccc([N+](=O)[O-])cc1Cl. The number of halogens is 2. The van der Waals surface area contributed by atoms with Crippen LogP contribution in [-0.4, -0.2) is 37.9 Å². The molecule has 2 rings (SSSR count). The molecule has 166 valence electrons. The number of carbonyl (C=O) groups excluding carboxylic acids is 2. The number of non-ortho nitro benzene ring substituents is 1. The number of carbonyl (C=O) groups is 2. The zero-order valence-corrected chi connectivity index (χ0v) is 18.3. The van der Waals surface area contributed by atoms with Crippen LogP contribution in [0.5, 0.6) is 0 Å². The predicted molar refractivity (Wildman–Crippen MR) is 114 cm³/mol. The lowest BCUT2D eigenvalue weighted by Crippen LogP contribution is -2.32. The standard InChI is InChI=1S/C18H17Cl2N3O7S/c1-11(18(25)22-16-7-4-13(23(26)27)10-15(16)20)30-17(24)8-9-21-31(28,29)14-5-2-12(19)3-6-14/h2-7,10-11,21H,8-9H2,1H3,(H,22,25)/t11-/m0/s1. The summed E-state index contributed by atoms with van der Waals surface area (Å²) in [5.74, 6) is -1.53. The number of hydrogen-bond donors (Lipinski definition) is 2. The van der Waals surface area contributed by atoms with Crippen molar-refractivity contribution < 1.29 is 27.7 Å². The molecular weight excluding hydrogens is 473 g/mol. The van der Waals surface area contributed by atoms with Crippen LogP contribution >= 0.6 is 23.2 Å². The highest BCUT2D eigenvalue weighted by Crippen LogP contribution is 2.26. The molecule has 0 bridgehead atoms. The van der Waals surface area contributed by atoms with Gasteiger partial charge in [-0.05, 0) is 37.3 Å². The van der Waals surface area contributed by atoms with E-state index in [1.807, 2.05) is 0 Å². The van der Waals surface area contributed by atoms with Gasteiger partial charge in [-0.15, -0.1) is 0 Å². The van der Waals surface area contributed by atoms with Gasteiger partial charge in [-0.1, -0.05) is 23.2 Å². The molecule has 2 aromatic carbocycles. The second-order valence-electron chi connectivity index (χ2n) is 6.14. The van der Waals surface area contributed by atoms with Gasteiger partial charge in [0, 0.05) is 23.7 Å². The molecule has 10 nitrogen and oxygen atoms in total. The molecule has 2 N–H and O–H groups in total. The third kappa shape index (κ3) is 7.17. The van der Waals surface area contributed by atoms with Crippen molar-refractivity contribution >= 4 is 56.5 Å². The van der Waals surface area contributed by atoms with E-state index < -0.39 is 32.9 Å². The van der Waals surface area contributed by atoms with Crippen LogP contribution < -0.4 is 10.0 Å². The van der Waals surface area contributed by atoms with Crippen molar-refractivity contribution in [2.45, 2.75) is 24.3 Å². The molecule has 0 aromatic heterocycles. The van der Waals surface area contributed by atoms with Crippen LogP contribution in [0.4, 0.5) is 11.4 Å². The number of hydrogen-bond acceptors (Lipinski definition) is 7. The summed E-state index contributed by atoms with van der Waals surface area (Å²) in [6.07, 6.45) is -1.53. The van der Waals surface area contributed by atoms with Gasteiger partial charge in [0.2, 0.25) is 10.0 Å². The van der Waals surface area contributed by atoms with Crippen LogP contribution in [0.1, 0.15) is 13.3 Å². The normalized spacial score (nSPS) is 12.1. The number of amides is 1. The first-order valence-corrected chi connectivity index (χ1v) is 10.9. The topological polar surface area (TPSA) is 145 Å². The van der Waals surface area contributed by atoms with Crippen molar-refractivity contribution in [1.29, 1.82) is 0 Å². The van der Waals surface area contributed by atoms with Gasteiger partial charge in [0.15, 0.2) is 6.10 Å². The van der Waals surface area contributed by atoms with Crippen LogP contribution in [0.2, 0.25) is 10.0 Å². The van der Waals surface area contributed by atoms with Crippen molar-refractivity contribution in [3.05, 3.63) is 62.6 Å². The van der Waals surface area contributed by atoms with Gasteiger partial charge in [0.05, 0.1) is 26.9 Å². The van der Waals surface area contributed by atoms with E-state index in [1.165, 1.54) is 37.3 Å². The first-order valence-electron chi connectivity index (χ1n) is 8.69. The minimum absolute atomic E-state index is 0.0158. The fraction of sp³-hybridized carbons (Fsp3) is 0.222. The van der Waals surface area contributed by atoms with Gasteiger partial charge in [0.1, 0.15) is 0 Å². The molecule has 0 saturated heterocycles. The Kier molecular flexibility index (Phi) is 8.34. The number of nitrogens with zero attached hydrogens (tertiary/aromatic N) is 1. The minimum atomic E-state index is -3.83. The van der Waals surface area contributed by atoms with Crippen molar-refractivity contribution in [3.63, 3.8) is 0 Å². The van der Waals surface area contributed by atoms with Gasteiger partial charge < -0.3 is 10.1 Å². The number of rotatable bonds is 9. The number of ether oxygens (including phenoxy) is 1. The fourth-order valence-corrected chi connectivity index (χ4v) is 3.63. The Morgan fingerprint density at radius 3 is 2.39 bits per heavy atom. The summed E-state index contributed by atoms with van der Waals surface area (Å²) in [7, 11) is -3.83. The summed E-state index contributed by atoms with van der Waals surface area (Å²) < 4.78 is 31.5. The summed E-state index contributed by atoms with van der Waals surface area (Å²) in [6, 6.07) is 8.95. The van der Waals surface area contributed by atoms with E-state index in [0.717, 1.165) is 12.1 Å². The molecule has 31 heavy (non-hydrogen) atoms. The Morgan fingerprint density at radius 2 is 1.81 bits per heavy atom. The monoisotopic (exact) mass is 489 g/mol. The Bertz CT molecular complexity index is 1090.